The standard InChI is InChI=1S/C22H20Cl2N2O7S2/c1-4-33-16-6-5-15(10-17(16)32-3)26(2)35(30,31)18-11-19(24)34-20(18)21(27)25-14-8-12(22(28)29)7-13(23)9-14/h5-11H,4H2,1-3H3,(H,25,27)(H,28,29). The highest BCUT2D eigenvalue weighted by Gasteiger charge is 2.30. The van der Waals surface area contributed by atoms with Gasteiger partial charge in [-0.15, -0.1) is 11.3 Å². The SMILES string of the molecule is CCOc1ccc(N(C)S(=O)(=O)c2cc(Cl)sc2C(=O)Nc2cc(Cl)cc(C(=O)O)c2)cc1OC. The highest BCUT2D eigenvalue weighted by molar-refractivity contribution is 7.93. The molecule has 3 aromatic rings. The number of halogens is 2. The van der Waals surface area contributed by atoms with E-state index in [9.17, 15) is 23.1 Å². The number of hydrogen-bond donors (Lipinski definition) is 2. The number of rotatable bonds is 9. The molecule has 0 bridgehead atoms. The van der Waals surface area contributed by atoms with Crippen molar-refractivity contribution in [2.75, 3.05) is 30.4 Å². The summed E-state index contributed by atoms with van der Waals surface area (Å²) in [5.74, 6) is -1.25. The van der Waals surface area contributed by atoms with Gasteiger partial charge in [0, 0.05) is 23.8 Å². The Hall–Kier alpha value is -2.99. The van der Waals surface area contributed by atoms with Gasteiger partial charge in [0.2, 0.25) is 0 Å². The van der Waals surface area contributed by atoms with E-state index in [-0.39, 0.29) is 36.1 Å². The van der Waals surface area contributed by atoms with Crippen LogP contribution in [0.2, 0.25) is 9.36 Å². The number of hydrogen-bond acceptors (Lipinski definition) is 7. The largest absolute Gasteiger partial charge is 0.493 e. The second kappa shape index (κ2) is 10.7. The average molecular weight is 559 g/mol. The molecule has 9 nitrogen and oxygen atoms in total. The summed E-state index contributed by atoms with van der Waals surface area (Å²) in [7, 11) is -1.48. The second-order valence-electron chi connectivity index (χ2n) is 6.97. The molecular weight excluding hydrogens is 539 g/mol. The van der Waals surface area contributed by atoms with Crippen molar-refractivity contribution >= 4 is 67.8 Å². The molecule has 13 heteroatoms. The van der Waals surface area contributed by atoms with E-state index in [0.29, 0.717) is 18.1 Å². The second-order valence-corrected chi connectivity index (χ2v) is 11.0. The topological polar surface area (TPSA) is 122 Å². The molecule has 2 aromatic carbocycles. The van der Waals surface area contributed by atoms with Crippen molar-refractivity contribution < 1.29 is 32.6 Å². The van der Waals surface area contributed by atoms with Crippen molar-refractivity contribution in [2.45, 2.75) is 11.8 Å². The maximum Gasteiger partial charge on any atom is 0.335 e. The number of carboxylic acids is 1. The van der Waals surface area contributed by atoms with Gasteiger partial charge in [-0.25, -0.2) is 13.2 Å². The van der Waals surface area contributed by atoms with Gasteiger partial charge in [-0.05, 0) is 43.3 Å². The van der Waals surface area contributed by atoms with Crippen LogP contribution in [0.4, 0.5) is 11.4 Å². The van der Waals surface area contributed by atoms with E-state index in [2.05, 4.69) is 5.32 Å². The van der Waals surface area contributed by atoms with Crippen LogP contribution in [0.1, 0.15) is 27.0 Å². The molecule has 186 valence electrons. The van der Waals surface area contributed by atoms with E-state index >= 15 is 0 Å². The minimum Gasteiger partial charge on any atom is -0.493 e. The molecule has 0 saturated carbocycles. The number of carbonyl (C=O) groups is 2. The first-order chi connectivity index (χ1) is 16.5. The highest BCUT2D eigenvalue weighted by atomic mass is 35.5. The van der Waals surface area contributed by atoms with E-state index < -0.39 is 21.9 Å². The maximum atomic E-state index is 13.5. The lowest BCUT2D eigenvalue weighted by atomic mass is 10.2. The Kier molecular flexibility index (Phi) is 8.16. The molecule has 0 aliphatic carbocycles. The van der Waals surface area contributed by atoms with Crippen molar-refractivity contribution in [1.82, 2.24) is 0 Å². The molecular formula is C22H20Cl2N2O7S2. The molecule has 35 heavy (non-hydrogen) atoms. The van der Waals surface area contributed by atoms with Crippen LogP contribution in [-0.2, 0) is 10.0 Å². The molecule has 1 amide bonds. The predicted molar refractivity (Wildman–Crippen MR) is 135 cm³/mol. The summed E-state index contributed by atoms with van der Waals surface area (Å²) in [5, 5.41) is 11.8. The summed E-state index contributed by atoms with van der Waals surface area (Å²) in [6.07, 6.45) is 0. The van der Waals surface area contributed by atoms with Gasteiger partial charge in [0.25, 0.3) is 15.9 Å². The summed E-state index contributed by atoms with van der Waals surface area (Å²) < 4.78 is 38.7. The molecule has 0 aliphatic rings. The first-order valence-corrected chi connectivity index (χ1v) is 12.9. The van der Waals surface area contributed by atoms with Gasteiger partial charge in [0.05, 0.1) is 29.3 Å². The number of sulfonamides is 1. The van der Waals surface area contributed by atoms with E-state index in [0.717, 1.165) is 15.6 Å². The van der Waals surface area contributed by atoms with Crippen LogP contribution in [-0.4, -0.2) is 46.2 Å². The third kappa shape index (κ3) is 5.81. The zero-order chi connectivity index (χ0) is 25.9. The van der Waals surface area contributed by atoms with Crippen molar-refractivity contribution in [1.29, 1.82) is 0 Å². The van der Waals surface area contributed by atoms with Crippen LogP contribution in [0.15, 0.2) is 47.4 Å². The molecule has 0 unspecified atom stereocenters. The Labute approximate surface area is 215 Å². The van der Waals surface area contributed by atoms with Crippen molar-refractivity contribution in [3.63, 3.8) is 0 Å². The number of nitrogens with one attached hydrogen (secondary N) is 1. The monoisotopic (exact) mass is 558 g/mol. The summed E-state index contributed by atoms with van der Waals surface area (Å²) in [4.78, 5) is 23.8. The van der Waals surface area contributed by atoms with Crippen molar-refractivity contribution in [3.8, 4) is 11.5 Å². The molecule has 0 radical (unpaired) electrons. The summed E-state index contributed by atoms with van der Waals surface area (Å²) >= 11 is 12.8. The van der Waals surface area contributed by atoms with Crippen LogP contribution in [0.25, 0.3) is 0 Å². The van der Waals surface area contributed by atoms with Gasteiger partial charge in [-0.3, -0.25) is 9.10 Å². The molecule has 0 spiro atoms. The minimum absolute atomic E-state index is 0.0729. The molecule has 0 saturated heterocycles. The fraction of sp³-hybridized carbons (Fsp3) is 0.182. The van der Waals surface area contributed by atoms with E-state index in [4.69, 9.17) is 32.7 Å². The molecule has 2 N–H and O–H groups in total. The van der Waals surface area contributed by atoms with Crippen LogP contribution >= 0.6 is 34.5 Å². The van der Waals surface area contributed by atoms with Crippen LogP contribution in [0.5, 0.6) is 11.5 Å². The molecule has 0 atom stereocenters. The molecule has 1 heterocycles. The summed E-state index contributed by atoms with van der Waals surface area (Å²) in [6, 6.07) is 9.56. The quantitative estimate of drug-likeness (QED) is 0.368. The highest BCUT2D eigenvalue weighted by Crippen LogP contribution is 2.37. The summed E-state index contributed by atoms with van der Waals surface area (Å²) in [5.41, 5.74) is 0.200. The lowest BCUT2D eigenvalue weighted by Crippen LogP contribution is -2.28. The third-order valence-corrected chi connectivity index (χ3v) is 8.15. The molecule has 0 aliphatic heterocycles. The Morgan fingerprint density at radius 1 is 1.11 bits per heavy atom. The number of methoxy groups -OCH3 is 1. The first-order valence-electron chi connectivity index (χ1n) is 9.92. The number of anilines is 2. The lowest BCUT2D eigenvalue weighted by molar-refractivity contribution is 0.0696. The summed E-state index contributed by atoms with van der Waals surface area (Å²) in [6.45, 7) is 2.21. The van der Waals surface area contributed by atoms with Crippen LogP contribution in [0.3, 0.4) is 0 Å². The number of thiophene rings is 1. The Balaban J connectivity index is 1.97. The number of aromatic carboxylic acids is 1. The maximum absolute atomic E-state index is 13.5. The predicted octanol–water partition coefficient (Wildman–Crippen LogP) is 5.24. The zero-order valence-electron chi connectivity index (χ0n) is 18.7. The van der Waals surface area contributed by atoms with Gasteiger partial charge in [-0.1, -0.05) is 23.2 Å². The fourth-order valence-corrected chi connectivity index (χ4v) is 6.19. The minimum atomic E-state index is -4.24. The third-order valence-electron chi connectivity index (χ3n) is 4.73. The smallest absolute Gasteiger partial charge is 0.335 e. The number of carbonyl (C=O) groups excluding carboxylic acids is 1. The molecule has 1 aromatic heterocycles. The van der Waals surface area contributed by atoms with Crippen LogP contribution < -0.4 is 19.1 Å². The average Bonchev–Trinajstić information content (AvgIpc) is 3.21. The van der Waals surface area contributed by atoms with Gasteiger partial charge >= 0.3 is 5.97 Å². The van der Waals surface area contributed by atoms with Crippen LogP contribution in [0, 0.1) is 0 Å². The number of benzene rings is 2. The van der Waals surface area contributed by atoms with E-state index in [1.54, 1.807) is 6.07 Å². The first kappa shape index (κ1) is 26.6. The van der Waals surface area contributed by atoms with Crippen molar-refractivity contribution in [3.05, 3.63) is 62.3 Å². The zero-order valence-corrected chi connectivity index (χ0v) is 21.8. The normalized spacial score (nSPS) is 11.1. The van der Waals surface area contributed by atoms with Gasteiger partial charge in [0.15, 0.2) is 11.5 Å². The fourth-order valence-electron chi connectivity index (χ4n) is 3.08. The number of ether oxygens (including phenoxy) is 2. The Morgan fingerprint density at radius 2 is 1.83 bits per heavy atom. The van der Waals surface area contributed by atoms with Gasteiger partial charge in [-0.2, -0.15) is 0 Å². The van der Waals surface area contributed by atoms with E-state index in [1.165, 1.54) is 50.6 Å². The number of nitrogens with zero attached hydrogens (tertiary/aromatic N) is 1. The Morgan fingerprint density at radius 3 is 2.46 bits per heavy atom. The molecule has 0 fully saturated rings. The Bertz CT molecular complexity index is 1390. The van der Waals surface area contributed by atoms with E-state index in [1.807, 2.05) is 6.92 Å². The number of carboxylic acid groups (broad SMARTS) is 1. The number of amides is 1. The van der Waals surface area contributed by atoms with Crippen molar-refractivity contribution in [2.24, 2.45) is 0 Å². The van der Waals surface area contributed by atoms with Gasteiger partial charge in [0.1, 0.15) is 9.77 Å². The lowest BCUT2D eigenvalue weighted by Gasteiger charge is -2.21. The van der Waals surface area contributed by atoms with Gasteiger partial charge < -0.3 is 19.9 Å². The molecule has 3 rings (SSSR count).